The lowest BCUT2D eigenvalue weighted by atomic mass is 9.97. The first-order valence-corrected chi connectivity index (χ1v) is 12.6. The number of aliphatic carboxylic acids is 1. The van der Waals surface area contributed by atoms with Crippen molar-refractivity contribution in [1.82, 2.24) is 15.0 Å². The number of carboxylic acid groups (broad SMARTS) is 1. The van der Waals surface area contributed by atoms with Crippen LogP contribution in [-0.2, 0) is 14.3 Å². The van der Waals surface area contributed by atoms with E-state index in [0.717, 1.165) is 28.6 Å². The molecule has 38 heavy (non-hydrogen) atoms. The van der Waals surface area contributed by atoms with E-state index in [-0.39, 0.29) is 16.3 Å². The van der Waals surface area contributed by atoms with Gasteiger partial charge in [-0.1, -0.05) is 40.2 Å². The molecule has 6 atom stereocenters. The van der Waals surface area contributed by atoms with Gasteiger partial charge in [0.15, 0.2) is 23.6 Å². The molecule has 1 fully saturated rings. The lowest BCUT2D eigenvalue weighted by Crippen LogP contribution is -2.56. The van der Waals surface area contributed by atoms with Crippen LogP contribution in [0.25, 0.3) is 11.3 Å². The molecule has 1 aromatic heterocycles. The highest BCUT2D eigenvalue weighted by Gasteiger charge is 2.49. The average Bonchev–Trinajstić information content (AvgIpc) is 3.35. The quantitative estimate of drug-likeness (QED) is 0.333. The Kier molecular flexibility index (Phi) is 8.87. The highest BCUT2D eigenvalue weighted by Crippen LogP contribution is 2.41. The van der Waals surface area contributed by atoms with E-state index in [1.807, 2.05) is 0 Å². The summed E-state index contributed by atoms with van der Waals surface area (Å²) < 4.78 is 53.8. The second kappa shape index (κ2) is 11.8. The lowest BCUT2D eigenvalue weighted by molar-refractivity contribution is -0.207. The Balaban J connectivity index is 1.74. The van der Waals surface area contributed by atoms with Crippen molar-refractivity contribution in [3.63, 3.8) is 0 Å². The molecule has 3 aromatic rings. The van der Waals surface area contributed by atoms with Gasteiger partial charge in [-0.2, -0.15) is 0 Å². The molecule has 0 aliphatic carbocycles. The van der Waals surface area contributed by atoms with Crippen molar-refractivity contribution in [2.75, 3.05) is 6.61 Å². The molecule has 0 radical (unpaired) electrons. The molecule has 0 saturated carbocycles. The predicted molar refractivity (Wildman–Crippen MR) is 130 cm³/mol. The first-order valence-electron chi connectivity index (χ1n) is 11.0. The minimum absolute atomic E-state index is 0.0687. The maximum absolute atomic E-state index is 13.8. The maximum Gasteiger partial charge on any atom is 0.332 e. The van der Waals surface area contributed by atoms with E-state index < -0.39 is 65.9 Å². The number of aromatic nitrogens is 3. The van der Waals surface area contributed by atoms with Crippen molar-refractivity contribution in [2.45, 2.75) is 47.7 Å². The van der Waals surface area contributed by atoms with Crippen LogP contribution in [-0.4, -0.2) is 72.7 Å². The molecule has 2 unspecified atom stereocenters. The van der Waals surface area contributed by atoms with Crippen molar-refractivity contribution in [2.24, 2.45) is 0 Å². The van der Waals surface area contributed by atoms with Gasteiger partial charge in [0.2, 0.25) is 0 Å². The lowest BCUT2D eigenvalue weighted by Gasteiger charge is -2.44. The van der Waals surface area contributed by atoms with Crippen LogP contribution in [0.1, 0.15) is 13.0 Å². The fraction of sp³-hybridized carbons (Fsp3) is 0.348. The van der Waals surface area contributed by atoms with Crippen LogP contribution in [0.15, 0.2) is 41.4 Å². The van der Waals surface area contributed by atoms with Gasteiger partial charge >= 0.3 is 5.97 Å². The van der Waals surface area contributed by atoms with E-state index in [0.29, 0.717) is 9.92 Å². The van der Waals surface area contributed by atoms with E-state index in [1.54, 1.807) is 18.2 Å². The van der Waals surface area contributed by atoms with Gasteiger partial charge in [0.1, 0.15) is 35.5 Å². The largest absolute Gasteiger partial charge is 0.479 e. The fourth-order valence-electron chi connectivity index (χ4n) is 3.84. The number of carbonyl (C=O) groups is 1. The minimum atomic E-state index is -1.65. The summed E-state index contributed by atoms with van der Waals surface area (Å²) in [5, 5.41) is 38.8. The molecule has 4 rings (SSSR count). The summed E-state index contributed by atoms with van der Waals surface area (Å²) in [7, 11) is 0. The summed E-state index contributed by atoms with van der Waals surface area (Å²) in [5.41, 5.74) is -1.21. The molecule has 2 heterocycles. The number of hydrogen-bond donors (Lipinski definition) is 3. The smallest absolute Gasteiger partial charge is 0.332 e. The number of aliphatic hydroxyl groups is 2. The number of benzene rings is 2. The van der Waals surface area contributed by atoms with Gasteiger partial charge < -0.3 is 24.8 Å². The van der Waals surface area contributed by atoms with Crippen molar-refractivity contribution in [3.8, 4) is 11.3 Å². The SMILES string of the molecule is CC(O[C@H]1[C@@H](Sc2ccc(Cl)c(Cl)c2)O[C@H](CO)C(O)[C@@H]1n1cc(-c2cc(F)c(F)c(F)c2)nn1)C(=O)O. The fourth-order valence-corrected chi connectivity index (χ4v) is 5.36. The van der Waals surface area contributed by atoms with Crippen LogP contribution in [0, 0.1) is 17.5 Å². The Morgan fingerprint density at radius 3 is 2.50 bits per heavy atom. The Bertz CT molecular complexity index is 1310. The van der Waals surface area contributed by atoms with E-state index in [1.165, 1.54) is 13.1 Å². The topological polar surface area (TPSA) is 127 Å². The molecule has 2 aromatic carbocycles. The highest BCUT2D eigenvalue weighted by molar-refractivity contribution is 7.99. The first kappa shape index (κ1) is 28.6. The number of rotatable bonds is 8. The molecule has 9 nitrogen and oxygen atoms in total. The maximum atomic E-state index is 13.8. The summed E-state index contributed by atoms with van der Waals surface area (Å²) in [5.74, 6) is -5.81. The zero-order chi connectivity index (χ0) is 27.7. The van der Waals surface area contributed by atoms with Gasteiger partial charge in [-0.25, -0.2) is 22.6 Å². The summed E-state index contributed by atoms with van der Waals surface area (Å²) in [4.78, 5) is 12.2. The normalized spacial score (nSPS) is 24.4. The Morgan fingerprint density at radius 1 is 1.21 bits per heavy atom. The Labute approximate surface area is 228 Å². The van der Waals surface area contributed by atoms with Crippen LogP contribution in [0.3, 0.4) is 0 Å². The molecule has 1 aliphatic heterocycles. The molecule has 1 saturated heterocycles. The molecular formula is C23H20Cl2F3N3O6S. The van der Waals surface area contributed by atoms with Gasteiger partial charge in [0.25, 0.3) is 0 Å². The molecule has 204 valence electrons. The number of thioether (sulfide) groups is 1. The second-order valence-electron chi connectivity index (χ2n) is 8.32. The van der Waals surface area contributed by atoms with Crippen molar-refractivity contribution < 1.29 is 42.8 Å². The van der Waals surface area contributed by atoms with E-state index in [9.17, 15) is 33.3 Å². The molecule has 15 heteroatoms. The number of nitrogens with zero attached hydrogens (tertiary/aromatic N) is 3. The average molecular weight is 594 g/mol. The van der Waals surface area contributed by atoms with Gasteiger partial charge in [0, 0.05) is 10.5 Å². The predicted octanol–water partition coefficient (Wildman–Crippen LogP) is 3.94. The molecule has 0 amide bonds. The monoisotopic (exact) mass is 593 g/mol. The van der Waals surface area contributed by atoms with Gasteiger partial charge in [-0.05, 0) is 37.3 Å². The van der Waals surface area contributed by atoms with Crippen LogP contribution >= 0.6 is 35.0 Å². The standard InChI is InChI=1S/C23H20Cl2F3N3O6S/c1-9(22(34)35)36-21-19(31-7-16(29-30-31)10-4-14(26)18(28)15(27)5-10)20(33)17(8-32)37-23(21)38-11-2-3-12(24)13(25)6-11/h2-7,9,17,19-21,23,32-33H,8H2,1H3,(H,34,35)/t9?,17-,19+,20?,21-,23-/m1/s1. The summed E-state index contributed by atoms with van der Waals surface area (Å²) in [6, 6.07) is 5.01. The molecule has 0 bridgehead atoms. The number of carboxylic acids is 1. The van der Waals surface area contributed by atoms with Crippen molar-refractivity contribution >= 4 is 40.9 Å². The summed E-state index contributed by atoms with van der Waals surface area (Å²) >= 11 is 13.2. The number of ether oxygens (including phenoxy) is 2. The van der Waals surface area contributed by atoms with E-state index in [4.69, 9.17) is 32.7 Å². The first-order chi connectivity index (χ1) is 18.0. The van der Waals surface area contributed by atoms with Gasteiger partial charge in [0.05, 0.1) is 22.8 Å². The Morgan fingerprint density at radius 2 is 1.89 bits per heavy atom. The Hall–Kier alpha value is -2.39. The molecule has 3 N–H and O–H groups in total. The third kappa shape index (κ3) is 5.93. The molecular weight excluding hydrogens is 574 g/mol. The molecule has 0 spiro atoms. The zero-order valence-corrected chi connectivity index (χ0v) is 21.7. The van der Waals surface area contributed by atoms with E-state index in [2.05, 4.69) is 10.3 Å². The van der Waals surface area contributed by atoms with Crippen LogP contribution < -0.4 is 0 Å². The van der Waals surface area contributed by atoms with Gasteiger partial charge in [-0.15, -0.1) is 5.10 Å². The minimum Gasteiger partial charge on any atom is -0.479 e. The highest BCUT2D eigenvalue weighted by atomic mass is 35.5. The van der Waals surface area contributed by atoms with Crippen LogP contribution in [0.2, 0.25) is 10.0 Å². The zero-order valence-electron chi connectivity index (χ0n) is 19.3. The summed E-state index contributed by atoms with van der Waals surface area (Å²) in [6.07, 6.45) is -3.97. The third-order valence-corrected chi connectivity index (χ3v) is 7.65. The van der Waals surface area contributed by atoms with E-state index >= 15 is 0 Å². The molecule has 1 aliphatic rings. The van der Waals surface area contributed by atoms with Gasteiger partial charge in [-0.3, -0.25) is 0 Å². The third-order valence-electron chi connectivity index (χ3n) is 5.77. The van der Waals surface area contributed by atoms with Crippen molar-refractivity contribution in [1.29, 1.82) is 0 Å². The van der Waals surface area contributed by atoms with Crippen LogP contribution in [0.4, 0.5) is 13.2 Å². The number of halogens is 5. The van der Waals surface area contributed by atoms with Crippen LogP contribution in [0.5, 0.6) is 0 Å². The summed E-state index contributed by atoms with van der Waals surface area (Å²) in [6.45, 7) is 0.662. The van der Waals surface area contributed by atoms with Crippen molar-refractivity contribution in [3.05, 3.63) is 64.0 Å². The second-order valence-corrected chi connectivity index (χ2v) is 10.3. The number of aliphatic hydroxyl groups excluding tert-OH is 2. The number of hydrogen-bond acceptors (Lipinski definition) is 8.